The van der Waals surface area contributed by atoms with Gasteiger partial charge >= 0.3 is 12.0 Å². The zero-order chi connectivity index (χ0) is 16.2. The van der Waals surface area contributed by atoms with E-state index < -0.39 is 0 Å². The highest BCUT2D eigenvalue weighted by atomic mass is 16.5. The highest BCUT2D eigenvalue weighted by molar-refractivity contribution is 5.90. The van der Waals surface area contributed by atoms with E-state index in [1.165, 1.54) is 0 Å². The summed E-state index contributed by atoms with van der Waals surface area (Å²) < 4.78 is 4.98. The standard InChI is InChI=1S/C15H23N5O3/c1-2-12-16-14(23-18-12)17-13(21)11-5-9-20(10-6-11)15(22)19-7-3-4-8-19/h11H,2-10H2,1H3,(H,16,17,18,21). The summed E-state index contributed by atoms with van der Waals surface area (Å²) in [6.45, 7) is 4.88. The van der Waals surface area contributed by atoms with Gasteiger partial charge in [0.15, 0.2) is 5.82 Å². The Labute approximate surface area is 135 Å². The maximum atomic E-state index is 12.3. The largest absolute Gasteiger partial charge is 0.328 e. The molecule has 2 aliphatic rings. The molecule has 0 spiro atoms. The van der Waals surface area contributed by atoms with Crippen LogP contribution in [-0.2, 0) is 11.2 Å². The van der Waals surface area contributed by atoms with Gasteiger partial charge in [-0.05, 0) is 25.7 Å². The molecule has 8 nitrogen and oxygen atoms in total. The van der Waals surface area contributed by atoms with Crippen LogP contribution >= 0.6 is 0 Å². The van der Waals surface area contributed by atoms with Crippen molar-refractivity contribution in [3.8, 4) is 0 Å². The molecule has 2 saturated heterocycles. The number of hydrogen-bond donors (Lipinski definition) is 1. The minimum Gasteiger partial charge on any atom is -0.325 e. The highest BCUT2D eigenvalue weighted by Crippen LogP contribution is 2.21. The summed E-state index contributed by atoms with van der Waals surface area (Å²) in [5.41, 5.74) is 0. The van der Waals surface area contributed by atoms with Crippen molar-refractivity contribution in [2.75, 3.05) is 31.5 Å². The number of nitrogens with zero attached hydrogens (tertiary/aromatic N) is 4. The molecule has 0 saturated carbocycles. The second-order valence-corrected chi connectivity index (χ2v) is 6.10. The van der Waals surface area contributed by atoms with E-state index in [4.69, 9.17) is 4.52 Å². The zero-order valence-corrected chi connectivity index (χ0v) is 13.5. The third-order valence-corrected chi connectivity index (χ3v) is 4.53. The Bertz CT molecular complexity index is 559. The van der Waals surface area contributed by atoms with E-state index in [1.807, 2.05) is 16.7 Å². The van der Waals surface area contributed by atoms with E-state index in [2.05, 4.69) is 15.5 Å². The van der Waals surface area contributed by atoms with Crippen LogP contribution in [-0.4, -0.2) is 58.1 Å². The summed E-state index contributed by atoms with van der Waals surface area (Å²) in [5.74, 6) is 0.352. The van der Waals surface area contributed by atoms with E-state index in [0.29, 0.717) is 38.2 Å². The maximum absolute atomic E-state index is 12.3. The first-order valence-corrected chi connectivity index (χ1v) is 8.34. The summed E-state index contributed by atoms with van der Waals surface area (Å²) in [4.78, 5) is 32.4. The summed E-state index contributed by atoms with van der Waals surface area (Å²) in [6, 6.07) is 0.272. The average Bonchev–Trinajstić information content (AvgIpc) is 3.26. The Morgan fingerprint density at radius 1 is 1.17 bits per heavy atom. The van der Waals surface area contributed by atoms with Gasteiger partial charge < -0.3 is 14.3 Å². The van der Waals surface area contributed by atoms with Crippen LogP contribution < -0.4 is 5.32 Å². The van der Waals surface area contributed by atoms with E-state index >= 15 is 0 Å². The number of anilines is 1. The van der Waals surface area contributed by atoms with Crippen molar-refractivity contribution in [3.05, 3.63) is 5.82 Å². The van der Waals surface area contributed by atoms with E-state index in [0.717, 1.165) is 25.9 Å². The molecule has 2 fully saturated rings. The lowest BCUT2D eigenvalue weighted by Gasteiger charge is -2.33. The van der Waals surface area contributed by atoms with Gasteiger partial charge in [0.25, 0.3) is 0 Å². The van der Waals surface area contributed by atoms with Crippen molar-refractivity contribution < 1.29 is 14.1 Å². The lowest BCUT2D eigenvalue weighted by atomic mass is 9.96. The minimum atomic E-state index is -0.116. The molecule has 0 radical (unpaired) electrons. The fourth-order valence-corrected chi connectivity index (χ4v) is 3.10. The summed E-state index contributed by atoms with van der Waals surface area (Å²) in [6.07, 6.45) is 4.18. The molecule has 1 aromatic rings. The molecule has 0 bridgehead atoms. The van der Waals surface area contributed by atoms with Crippen molar-refractivity contribution in [1.29, 1.82) is 0 Å². The first kappa shape index (κ1) is 15.8. The number of carbonyl (C=O) groups is 2. The number of amides is 3. The summed E-state index contributed by atoms with van der Waals surface area (Å²) >= 11 is 0. The van der Waals surface area contributed by atoms with Gasteiger partial charge in [0.05, 0.1) is 0 Å². The van der Waals surface area contributed by atoms with Crippen LogP contribution in [0.15, 0.2) is 4.52 Å². The van der Waals surface area contributed by atoms with Gasteiger partial charge in [-0.3, -0.25) is 10.1 Å². The number of aromatic nitrogens is 2. The van der Waals surface area contributed by atoms with Gasteiger partial charge in [0, 0.05) is 38.5 Å². The maximum Gasteiger partial charge on any atom is 0.328 e. The quantitative estimate of drug-likeness (QED) is 0.911. The molecule has 0 atom stereocenters. The zero-order valence-electron chi connectivity index (χ0n) is 13.5. The van der Waals surface area contributed by atoms with Gasteiger partial charge in [-0.15, -0.1) is 0 Å². The Balaban J connectivity index is 1.48. The van der Waals surface area contributed by atoms with Gasteiger partial charge in [0.1, 0.15) is 0 Å². The van der Waals surface area contributed by atoms with Gasteiger partial charge in [-0.2, -0.15) is 4.98 Å². The fourth-order valence-electron chi connectivity index (χ4n) is 3.10. The molecule has 2 aliphatic heterocycles. The number of rotatable bonds is 3. The molecular weight excluding hydrogens is 298 g/mol. The minimum absolute atomic E-state index is 0.107. The lowest BCUT2D eigenvalue weighted by Crippen LogP contribution is -2.47. The lowest BCUT2D eigenvalue weighted by molar-refractivity contribution is -0.121. The molecule has 3 rings (SSSR count). The van der Waals surface area contributed by atoms with Crippen LogP contribution in [0.25, 0.3) is 0 Å². The molecule has 1 N–H and O–H groups in total. The molecule has 23 heavy (non-hydrogen) atoms. The third-order valence-electron chi connectivity index (χ3n) is 4.53. The first-order valence-electron chi connectivity index (χ1n) is 8.34. The number of hydrogen-bond acceptors (Lipinski definition) is 5. The number of aryl methyl sites for hydroxylation is 1. The van der Waals surface area contributed by atoms with Gasteiger partial charge in [-0.25, -0.2) is 4.79 Å². The Hall–Kier alpha value is -2.12. The number of nitrogens with one attached hydrogen (secondary N) is 1. The van der Waals surface area contributed by atoms with Crippen LogP contribution in [0.1, 0.15) is 38.4 Å². The normalized spacial score (nSPS) is 19.2. The van der Waals surface area contributed by atoms with Gasteiger partial charge in [0.2, 0.25) is 5.91 Å². The topological polar surface area (TPSA) is 91.6 Å². The second-order valence-electron chi connectivity index (χ2n) is 6.10. The number of piperidine rings is 1. The number of urea groups is 1. The molecule has 126 valence electrons. The Morgan fingerprint density at radius 3 is 2.43 bits per heavy atom. The van der Waals surface area contributed by atoms with Crippen molar-refractivity contribution >= 4 is 18.0 Å². The predicted octanol–water partition coefficient (Wildman–Crippen LogP) is 1.50. The smallest absolute Gasteiger partial charge is 0.325 e. The van der Waals surface area contributed by atoms with Crippen molar-refractivity contribution in [2.24, 2.45) is 5.92 Å². The molecule has 1 aromatic heterocycles. The second kappa shape index (κ2) is 6.97. The molecule has 0 aromatic carbocycles. The summed E-state index contributed by atoms with van der Waals surface area (Å²) in [7, 11) is 0. The first-order chi connectivity index (χ1) is 11.2. The molecule has 3 heterocycles. The van der Waals surface area contributed by atoms with Crippen molar-refractivity contribution in [3.63, 3.8) is 0 Å². The Morgan fingerprint density at radius 2 is 1.83 bits per heavy atom. The SMILES string of the molecule is CCc1noc(NC(=O)C2CCN(C(=O)N3CCCC3)CC2)n1. The molecule has 8 heteroatoms. The number of carbonyl (C=O) groups excluding carboxylic acids is 2. The molecule has 0 aliphatic carbocycles. The van der Waals surface area contributed by atoms with E-state index in [1.54, 1.807) is 0 Å². The van der Waals surface area contributed by atoms with Crippen LogP contribution in [0.4, 0.5) is 10.8 Å². The molecular formula is C15H23N5O3. The number of likely N-dealkylation sites (tertiary alicyclic amines) is 2. The predicted molar refractivity (Wildman–Crippen MR) is 82.8 cm³/mol. The third kappa shape index (κ3) is 3.62. The van der Waals surface area contributed by atoms with Crippen LogP contribution in [0.2, 0.25) is 0 Å². The van der Waals surface area contributed by atoms with Crippen molar-refractivity contribution in [1.82, 2.24) is 19.9 Å². The van der Waals surface area contributed by atoms with E-state index in [-0.39, 0.29) is 23.9 Å². The van der Waals surface area contributed by atoms with Crippen LogP contribution in [0.3, 0.4) is 0 Å². The van der Waals surface area contributed by atoms with Crippen LogP contribution in [0, 0.1) is 5.92 Å². The summed E-state index contributed by atoms with van der Waals surface area (Å²) in [5, 5.41) is 6.43. The fraction of sp³-hybridized carbons (Fsp3) is 0.733. The Kier molecular flexibility index (Phi) is 4.78. The van der Waals surface area contributed by atoms with Crippen LogP contribution in [0.5, 0.6) is 0 Å². The monoisotopic (exact) mass is 321 g/mol. The van der Waals surface area contributed by atoms with E-state index in [9.17, 15) is 9.59 Å². The average molecular weight is 321 g/mol. The van der Waals surface area contributed by atoms with Gasteiger partial charge in [-0.1, -0.05) is 12.1 Å². The molecule has 0 unspecified atom stereocenters. The molecule has 3 amide bonds. The highest BCUT2D eigenvalue weighted by Gasteiger charge is 2.30. The van der Waals surface area contributed by atoms with Crippen molar-refractivity contribution in [2.45, 2.75) is 39.0 Å².